The molecule has 0 saturated carbocycles. The highest BCUT2D eigenvalue weighted by atomic mass is 16.5. The third-order valence-electron chi connectivity index (χ3n) is 4.90. The maximum Gasteiger partial charge on any atom is 0.338 e. The lowest BCUT2D eigenvalue weighted by atomic mass is 9.99. The van der Waals surface area contributed by atoms with E-state index in [1.165, 1.54) is 6.07 Å². The van der Waals surface area contributed by atoms with Crippen molar-refractivity contribution >= 4 is 11.9 Å². The van der Waals surface area contributed by atoms with Gasteiger partial charge in [0.25, 0.3) is 0 Å². The summed E-state index contributed by atoms with van der Waals surface area (Å²) < 4.78 is 16.0. The predicted molar refractivity (Wildman–Crippen MR) is 127 cm³/mol. The van der Waals surface area contributed by atoms with Crippen LogP contribution in [-0.2, 0) is 9.47 Å². The van der Waals surface area contributed by atoms with Crippen LogP contribution in [0.15, 0.2) is 67.8 Å². The molecule has 2 aromatic carbocycles. The Kier molecular flexibility index (Phi) is 10.8. The Balaban J connectivity index is 2.20. The van der Waals surface area contributed by atoms with Crippen LogP contribution in [0.2, 0.25) is 0 Å². The molecule has 0 aliphatic rings. The zero-order chi connectivity index (χ0) is 23.2. The molecule has 5 nitrogen and oxygen atoms in total. The molecule has 0 unspecified atom stereocenters. The van der Waals surface area contributed by atoms with Crippen LogP contribution in [0.1, 0.15) is 59.2 Å². The van der Waals surface area contributed by atoms with Crippen molar-refractivity contribution in [1.82, 2.24) is 0 Å². The van der Waals surface area contributed by atoms with E-state index in [1.807, 2.05) is 36.4 Å². The van der Waals surface area contributed by atoms with Crippen LogP contribution < -0.4 is 4.74 Å². The smallest absolute Gasteiger partial charge is 0.338 e. The Hall–Kier alpha value is -3.34. The summed E-state index contributed by atoms with van der Waals surface area (Å²) in [5.41, 5.74) is 2.22. The second-order valence-electron chi connectivity index (χ2n) is 7.37. The molecule has 32 heavy (non-hydrogen) atoms. The second-order valence-corrected chi connectivity index (χ2v) is 7.37. The molecule has 0 spiro atoms. The van der Waals surface area contributed by atoms with Gasteiger partial charge in [0.05, 0.1) is 31.5 Å². The normalized spacial score (nSPS) is 10.3. The first kappa shape index (κ1) is 24.9. The van der Waals surface area contributed by atoms with Gasteiger partial charge in [0.1, 0.15) is 5.75 Å². The fraction of sp³-hybridized carbons (Fsp3) is 0.333. The predicted octanol–water partition coefficient (Wildman–Crippen LogP) is 6.39. The minimum Gasteiger partial charge on any atom is -0.497 e. The van der Waals surface area contributed by atoms with Crippen LogP contribution in [0.4, 0.5) is 0 Å². The van der Waals surface area contributed by atoms with Crippen LogP contribution in [0, 0.1) is 0 Å². The lowest BCUT2D eigenvalue weighted by Crippen LogP contribution is -2.11. The first-order valence-corrected chi connectivity index (χ1v) is 10.9. The Morgan fingerprint density at radius 1 is 0.750 bits per heavy atom. The Bertz CT molecular complexity index is 851. The average molecular weight is 437 g/mol. The fourth-order valence-electron chi connectivity index (χ4n) is 3.09. The van der Waals surface area contributed by atoms with Crippen molar-refractivity contribution < 1.29 is 23.8 Å². The van der Waals surface area contributed by atoms with Gasteiger partial charge in [-0.15, -0.1) is 13.2 Å². The Morgan fingerprint density at radius 3 is 1.69 bits per heavy atom. The van der Waals surface area contributed by atoms with E-state index >= 15 is 0 Å². The summed E-state index contributed by atoms with van der Waals surface area (Å²) in [5.74, 6) is -0.194. The molecular weight excluding hydrogens is 404 g/mol. The minimum atomic E-state index is -0.459. The first-order valence-electron chi connectivity index (χ1n) is 10.9. The lowest BCUT2D eigenvalue weighted by molar-refractivity contribution is 0.0497. The van der Waals surface area contributed by atoms with Gasteiger partial charge in [-0.2, -0.15) is 0 Å². The van der Waals surface area contributed by atoms with Crippen LogP contribution in [-0.4, -0.2) is 32.3 Å². The van der Waals surface area contributed by atoms with Gasteiger partial charge in [-0.05, 0) is 80.0 Å². The highest BCUT2D eigenvalue weighted by Crippen LogP contribution is 2.26. The van der Waals surface area contributed by atoms with E-state index in [0.29, 0.717) is 24.3 Å². The molecule has 2 rings (SSSR count). The maximum absolute atomic E-state index is 12.6. The van der Waals surface area contributed by atoms with Crippen molar-refractivity contribution in [2.75, 3.05) is 20.3 Å². The van der Waals surface area contributed by atoms with Gasteiger partial charge in [-0.3, -0.25) is 0 Å². The van der Waals surface area contributed by atoms with Crippen molar-refractivity contribution in [1.29, 1.82) is 0 Å². The summed E-state index contributed by atoms with van der Waals surface area (Å²) in [7, 11) is 1.60. The molecule has 170 valence electrons. The quantitative estimate of drug-likeness (QED) is 0.195. The van der Waals surface area contributed by atoms with Crippen LogP contribution in [0.3, 0.4) is 0 Å². The maximum atomic E-state index is 12.6. The van der Waals surface area contributed by atoms with Gasteiger partial charge >= 0.3 is 11.9 Å². The molecule has 0 aliphatic heterocycles. The van der Waals surface area contributed by atoms with Crippen LogP contribution >= 0.6 is 0 Å². The SMILES string of the molecule is C=CCCCCOC(=O)c1cc(C(=O)OCCCCC=C)cc(-c2ccc(OC)cc2)c1. The minimum absolute atomic E-state index is 0.320. The molecule has 2 aromatic rings. The monoisotopic (exact) mass is 436 g/mol. The highest BCUT2D eigenvalue weighted by Gasteiger charge is 2.16. The van der Waals surface area contributed by atoms with Crippen LogP contribution in [0.5, 0.6) is 5.75 Å². The van der Waals surface area contributed by atoms with Crippen LogP contribution in [0.25, 0.3) is 11.1 Å². The third-order valence-corrected chi connectivity index (χ3v) is 4.90. The van der Waals surface area contributed by atoms with Gasteiger partial charge in [0.2, 0.25) is 0 Å². The lowest BCUT2D eigenvalue weighted by Gasteiger charge is -2.11. The van der Waals surface area contributed by atoms with E-state index in [4.69, 9.17) is 14.2 Å². The summed E-state index contributed by atoms with van der Waals surface area (Å²) in [6.45, 7) is 8.02. The molecule has 0 aliphatic carbocycles. The van der Waals surface area contributed by atoms with Gasteiger partial charge < -0.3 is 14.2 Å². The largest absolute Gasteiger partial charge is 0.497 e. The average Bonchev–Trinajstić information content (AvgIpc) is 2.83. The number of hydrogen-bond donors (Lipinski definition) is 0. The van der Waals surface area contributed by atoms with Crippen molar-refractivity contribution in [2.24, 2.45) is 0 Å². The van der Waals surface area contributed by atoms with E-state index in [0.717, 1.165) is 55.4 Å². The number of allylic oxidation sites excluding steroid dienone is 2. The molecule has 0 amide bonds. The first-order chi connectivity index (χ1) is 15.6. The number of ether oxygens (including phenoxy) is 3. The standard InChI is InChI=1S/C27H32O5/c1-4-6-8-10-16-31-26(28)23-18-22(21-12-14-25(30-3)15-13-21)19-24(20-23)27(29)32-17-11-9-7-5-2/h4-5,12-15,18-20H,1-2,6-11,16-17H2,3H3. The van der Waals surface area contributed by atoms with Crippen molar-refractivity contribution in [3.63, 3.8) is 0 Å². The second kappa shape index (κ2) is 13.9. The zero-order valence-electron chi connectivity index (χ0n) is 18.8. The summed E-state index contributed by atoms with van der Waals surface area (Å²) in [5, 5.41) is 0. The fourth-order valence-corrected chi connectivity index (χ4v) is 3.09. The van der Waals surface area contributed by atoms with Crippen molar-refractivity contribution in [3.8, 4) is 16.9 Å². The van der Waals surface area contributed by atoms with Crippen molar-refractivity contribution in [3.05, 3.63) is 78.9 Å². The molecule has 0 saturated heterocycles. The summed E-state index contributed by atoms with van der Waals surface area (Å²) in [4.78, 5) is 25.3. The Labute approximate surface area is 190 Å². The van der Waals surface area contributed by atoms with E-state index < -0.39 is 11.9 Å². The molecule has 0 bridgehead atoms. The molecule has 0 fully saturated rings. The number of methoxy groups -OCH3 is 1. The number of rotatable bonds is 14. The number of esters is 2. The topological polar surface area (TPSA) is 61.8 Å². The van der Waals surface area contributed by atoms with Gasteiger partial charge in [0, 0.05) is 0 Å². The van der Waals surface area contributed by atoms with Gasteiger partial charge in [-0.25, -0.2) is 9.59 Å². The number of carbonyl (C=O) groups is 2. The summed E-state index contributed by atoms with van der Waals surface area (Å²) in [6, 6.07) is 12.4. The molecule has 0 radical (unpaired) electrons. The molecule has 0 heterocycles. The molecule has 0 atom stereocenters. The molecule has 0 N–H and O–H groups in total. The number of unbranched alkanes of at least 4 members (excludes halogenated alkanes) is 4. The van der Waals surface area contributed by atoms with E-state index in [1.54, 1.807) is 19.2 Å². The number of carbonyl (C=O) groups excluding carboxylic acids is 2. The number of benzene rings is 2. The third kappa shape index (κ3) is 8.06. The Morgan fingerprint density at radius 2 is 1.25 bits per heavy atom. The van der Waals surface area contributed by atoms with Gasteiger partial charge in [-0.1, -0.05) is 24.3 Å². The molecule has 0 aromatic heterocycles. The molecule has 5 heteroatoms. The number of hydrogen-bond acceptors (Lipinski definition) is 5. The zero-order valence-corrected chi connectivity index (χ0v) is 18.8. The van der Waals surface area contributed by atoms with E-state index in [2.05, 4.69) is 13.2 Å². The highest BCUT2D eigenvalue weighted by molar-refractivity contribution is 5.97. The van der Waals surface area contributed by atoms with Gasteiger partial charge in [0.15, 0.2) is 0 Å². The van der Waals surface area contributed by atoms with E-state index in [-0.39, 0.29) is 0 Å². The van der Waals surface area contributed by atoms with Crippen molar-refractivity contribution in [2.45, 2.75) is 38.5 Å². The van der Waals surface area contributed by atoms with E-state index in [9.17, 15) is 9.59 Å². The summed E-state index contributed by atoms with van der Waals surface area (Å²) >= 11 is 0. The summed E-state index contributed by atoms with van der Waals surface area (Å²) in [6.07, 6.45) is 8.79. The molecular formula is C27H32O5.